The number of hydrogen-bond donors (Lipinski definition) is 0. The molecule has 8 heteroatoms. The molecule has 0 aromatic carbocycles. The van der Waals surface area contributed by atoms with Crippen molar-refractivity contribution in [1.82, 2.24) is 19.8 Å². The predicted molar refractivity (Wildman–Crippen MR) is 73.9 cm³/mol. The Bertz CT molecular complexity index is 521. The van der Waals surface area contributed by atoms with Gasteiger partial charge < -0.3 is 4.90 Å². The quantitative estimate of drug-likeness (QED) is 0.850. The summed E-state index contributed by atoms with van der Waals surface area (Å²) in [4.78, 5) is 23.9. The minimum atomic E-state index is -4.25. The summed E-state index contributed by atoms with van der Waals surface area (Å²) < 4.78 is 37.7. The van der Waals surface area contributed by atoms with Crippen molar-refractivity contribution < 1.29 is 18.0 Å². The van der Waals surface area contributed by atoms with Crippen molar-refractivity contribution >= 4 is 5.91 Å². The third-order valence-corrected chi connectivity index (χ3v) is 3.92. The van der Waals surface area contributed by atoms with Crippen LogP contribution < -0.4 is 0 Å². The fraction of sp³-hybridized carbons (Fsp3) is 0.643. The first-order valence-electron chi connectivity index (χ1n) is 7.07. The third-order valence-electron chi connectivity index (χ3n) is 3.92. The van der Waals surface area contributed by atoms with Gasteiger partial charge in [-0.05, 0) is 19.4 Å². The minimum absolute atomic E-state index is 0.223. The number of carbonyl (C=O) groups excluding carboxylic acids is 1. The van der Waals surface area contributed by atoms with Gasteiger partial charge in [0.2, 0.25) is 5.91 Å². The van der Waals surface area contributed by atoms with Gasteiger partial charge in [0.1, 0.15) is 5.54 Å². The van der Waals surface area contributed by atoms with Crippen LogP contribution in [0.25, 0.3) is 0 Å². The van der Waals surface area contributed by atoms with Crippen LogP contribution in [0.1, 0.15) is 25.0 Å². The van der Waals surface area contributed by atoms with Crippen molar-refractivity contribution in [2.75, 3.05) is 27.2 Å². The molecule has 1 atom stereocenters. The summed E-state index contributed by atoms with van der Waals surface area (Å²) in [5, 5.41) is 0. The van der Waals surface area contributed by atoms with Crippen LogP contribution in [0.3, 0.4) is 0 Å². The number of nitrogens with zero attached hydrogens (tertiary/aromatic N) is 4. The predicted octanol–water partition coefficient (Wildman–Crippen LogP) is 1.81. The van der Waals surface area contributed by atoms with Crippen LogP contribution in [0, 0.1) is 0 Å². The Kier molecular flexibility index (Phi) is 4.69. The van der Waals surface area contributed by atoms with Crippen LogP contribution in [-0.4, -0.2) is 59.0 Å². The normalized spacial score (nSPS) is 22.8. The summed E-state index contributed by atoms with van der Waals surface area (Å²) >= 11 is 0. The Morgan fingerprint density at radius 3 is 2.68 bits per heavy atom. The second-order valence-electron chi connectivity index (χ2n) is 5.61. The molecular formula is C14H19F3N4O. The highest BCUT2D eigenvalue weighted by Crippen LogP contribution is 2.40. The van der Waals surface area contributed by atoms with Gasteiger partial charge in [-0.1, -0.05) is 0 Å². The molecule has 1 aromatic rings. The SMILES string of the molecule is CN(C)C(=O)C1(c2cnccn2)CCCN1CCC(F)(F)F. The molecule has 0 N–H and O–H groups in total. The molecule has 0 aliphatic carbocycles. The second-order valence-corrected chi connectivity index (χ2v) is 5.61. The molecular weight excluding hydrogens is 297 g/mol. The molecule has 0 saturated carbocycles. The van der Waals surface area contributed by atoms with E-state index in [4.69, 9.17) is 0 Å². The lowest BCUT2D eigenvalue weighted by Gasteiger charge is -2.38. The van der Waals surface area contributed by atoms with Crippen molar-refractivity contribution in [3.8, 4) is 0 Å². The molecule has 1 aliphatic rings. The smallest absolute Gasteiger partial charge is 0.347 e. The van der Waals surface area contributed by atoms with Gasteiger partial charge in [0.25, 0.3) is 0 Å². The third kappa shape index (κ3) is 3.21. The number of aromatic nitrogens is 2. The lowest BCUT2D eigenvalue weighted by atomic mass is 9.90. The first kappa shape index (κ1) is 16.7. The minimum Gasteiger partial charge on any atom is -0.347 e. The van der Waals surface area contributed by atoms with Crippen molar-refractivity contribution in [2.24, 2.45) is 0 Å². The van der Waals surface area contributed by atoms with Crippen LogP contribution in [0.15, 0.2) is 18.6 Å². The summed E-state index contributed by atoms with van der Waals surface area (Å²) in [5.41, 5.74) is -0.739. The number of carbonyl (C=O) groups is 1. The van der Waals surface area contributed by atoms with E-state index in [0.29, 0.717) is 25.1 Å². The molecule has 122 valence electrons. The van der Waals surface area contributed by atoms with E-state index < -0.39 is 18.1 Å². The van der Waals surface area contributed by atoms with Gasteiger partial charge in [0.05, 0.1) is 18.3 Å². The zero-order valence-corrected chi connectivity index (χ0v) is 12.6. The number of likely N-dealkylation sites (N-methyl/N-ethyl adjacent to an activating group) is 1. The van der Waals surface area contributed by atoms with Gasteiger partial charge in [0.15, 0.2) is 0 Å². The van der Waals surface area contributed by atoms with Crippen molar-refractivity contribution in [3.63, 3.8) is 0 Å². The highest BCUT2D eigenvalue weighted by molar-refractivity contribution is 5.87. The highest BCUT2D eigenvalue weighted by atomic mass is 19.4. The van der Waals surface area contributed by atoms with Crippen molar-refractivity contribution in [3.05, 3.63) is 24.3 Å². The average molecular weight is 316 g/mol. The van der Waals surface area contributed by atoms with Gasteiger partial charge in [0, 0.05) is 33.0 Å². The lowest BCUT2D eigenvalue weighted by Crippen LogP contribution is -2.53. The maximum absolute atomic E-state index is 12.7. The van der Waals surface area contributed by atoms with E-state index in [-0.39, 0.29) is 12.5 Å². The molecule has 1 amide bonds. The van der Waals surface area contributed by atoms with Gasteiger partial charge in [-0.2, -0.15) is 13.2 Å². The number of likely N-dealkylation sites (tertiary alicyclic amines) is 1. The molecule has 1 fully saturated rings. The van der Waals surface area contributed by atoms with E-state index in [1.165, 1.54) is 23.5 Å². The van der Waals surface area contributed by atoms with Crippen LogP contribution in [0.5, 0.6) is 0 Å². The van der Waals surface area contributed by atoms with E-state index in [1.807, 2.05) is 0 Å². The Balaban J connectivity index is 2.37. The molecule has 22 heavy (non-hydrogen) atoms. The molecule has 2 heterocycles. The number of halogens is 3. The van der Waals surface area contributed by atoms with Gasteiger partial charge in [-0.15, -0.1) is 0 Å². The van der Waals surface area contributed by atoms with Crippen LogP contribution in [-0.2, 0) is 10.3 Å². The fourth-order valence-corrected chi connectivity index (χ4v) is 2.96. The monoisotopic (exact) mass is 316 g/mol. The lowest BCUT2D eigenvalue weighted by molar-refractivity contribution is -0.150. The largest absolute Gasteiger partial charge is 0.390 e. The fourth-order valence-electron chi connectivity index (χ4n) is 2.96. The zero-order valence-electron chi connectivity index (χ0n) is 12.6. The number of amides is 1. The molecule has 0 radical (unpaired) electrons. The standard InChI is InChI=1S/C14H19F3N4O/c1-20(2)12(22)13(11-10-18-6-7-19-11)4-3-8-21(13)9-5-14(15,16)17/h6-7,10H,3-5,8-9H2,1-2H3. The van der Waals surface area contributed by atoms with Crippen LogP contribution >= 0.6 is 0 Å². The summed E-state index contributed by atoms with van der Waals surface area (Å²) in [7, 11) is 3.20. The van der Waals surface area contributed by atoms with E-state index in [1.54, 1.807) is 19.0 Å². The maximum Gasteiger partial charge on any atom is 0.390 e. The van der Waals surface area contributed by atoms with E-state index in [9.17, 15) is 18.0 Å². The van der Waals surface area contributed by atoms with Crippen molar-refractivity contribution in [2.45, 2.75) is 31.0 Å². The van der Waals surface area contributed by atoms with Gasteiger partial charge in [-0.3, -0.25) is 19.7 Å². The van der Waals surface area contributed by atoms with E-state index in [2.05, 4.69) is 9.97 Å². The molecule has 1 saturated heterocycles. The summed E-state index contributed by atoms with van der Waals surface area (Å²) in [6, 6.07) is 0. The maximum atomic E-state index is 12.7. The summed E-state index contributed by atoms with van der Waals surface area (Å²) in [6.07, 6.45) is 0.294. The highest BCUT2D eigenvalue weighted by Gasteiger charge is 2.51. The Morgan fingerprint density at radius 2 is 2.14 bits per heavy atom. The molecule has 0 bridgehead atoms. The van der Waals surface area contributed by atoms with Crippen molar-refractivity contribution in [1.29, 1.82) is 0 Å². The zero-order chi connectivity index (χ0) is 16.4. The summed E-state index contributed by atoms with van der Waals surface area (Å²) in [6.45, 7) is 0.214. The second kappa shape index (κ2) is 6.20. The topological polar surface area (TPSA) is 49.3 Å². The summed E-state index contributed by atoms with van der Waals surface area (Å²) in [5.74, 6) is -0.257. The molecule has 5 nitrogen and oxygen atoms in total. The average Bonchev–Trinajstić information content (AvgIpc) is 2.89. The van der Waals surface area contributed by atoms with E-state index >= 15 is 0 Å². The van der Waals surface area contributed by atoms with Gasteiger partial charge >= 0.3 is 6.18 Å². The molecule has 0 spiro atoms. The first-order chi connectivity index (χ1) is 10.3. The Morgan fingerprint density at radius 1 is 1.41 bits per heavy atom. The first-order valence-corrected chi connectivity index (χ1v) is 7.07. The van der Waals surface area contributed by atoms with E-state index in [0.717, 1.165) is 0 Å². The molecule has 1 aromatic heterocycles. The Hall–Kier alpha value is -1.70. The number of alkyl halides is 3. The number of hydrogen-bond acceptors (Lipinski definition) is 4. The molecule has 1 unspecified atom stereocenters. The molecule has 1 aliphatic heterocycles. The Labute approximate surface area is 127 Å². The van der Waals surface area contributed by atoms with Crippen LogP contribution in [0.2, 0.25) is 0 Å². The van der Waals surface area contributed by atoms with Crippen LogP contribution in [0.4, 0.5) is 13.2 Å². The number of rotatable bonds is 4. The van der Waals surface area contributed by atoms with Gasteiger partial charge in [-0.25, -0.2) is 0 Å². The molecule has 2 rings (SSSR count).